The summed E-state index contributed by atoms with van der Waals surface area (Å²) in [6, 6.07) is 20.2. The van der Waals surface area contributed by atoms with Gasteiger partial charge in [-0.2, -0.15) is 23.4 Å². The van der Waals surface area contributed by atoms with Gasteiger partial charge in [0.2, 0.25) is 0 Å². The van der Waals surface area contributed by atoms with Gasteiger partial charge in [-0.25, -0.2) is 0 Å². The zero-order valence-corrected chi connectivity index (χ0v) is 20.3. The summed E-state index contributed by atoms with van der Waals surface area (Å²) in [5.41, 5.74) is 9.87. The Morgan fingerprint density at radius 2 is 1.60 bits per heavy atom. The third-order valence-corrected chi connectivity index (χ3v) is 5.30. The number of para-hydroxylation sites is 1. The Kier molecular flexibility index (Phi) is 8.59. The number of nitrogens with one attached hydrogen (secondary N) is 3. The number of hydrogen-bond acceptors (Lipinski definition) is 4. The average Bonchev–Trinajstić information content (AvgIpc) is 2.83. The zero-order chi connectivity index (χ0) is 25.4. The van der Waals surface area contributed by atoms with E-state index in [9.17, 15) is 13.2 Å². The summed E-state index contributed by atoms with van der Waals surface area (Å²) in [4.78, 5) is 0. The van der Waals surface area contributed by atoms with Crippen LogP contribution in [-0.2, 0) is 6.18 Å². The van der Waals surface area contributed by atoms with Crippen LogP contribution in [0.3, 0.4) is 0 Å². The summed E-state index contributed by atoms with van der Waals surface area (Å²) in [5.74, 6) is 0.361. The molecule has 9 heteroatoms. The summed E-state index contributed by atoms with van der Waals surface area (Å²) in [7, 11) is 0. The summed E-state index contributed by atoms with van der Waals surface area (Å²) in [5, 5.41) is 12.0. The van der Waals surface area contributed by atoms with Gasteiger partial charge in [-0.15, -0.1) is 0 Å². The summed E-state index contributed by atoms with van der Waals surface area (Å²) in [6.45, 7) is 5.96. The summed E-state index contributed by atoms with van der Waals surface area (Å²) < 4.78 is 38.1. The molecule has 0 saturated carbocycles. The van der Waals surface area contributed by atoms with E-state index >= 15 is 0 Å². The fraction of sp³-hybridized carbons (Fsp3) is 0.192. The molecule has 0 spiro atoms. The van der Waals surface area contributed by atoms with Gasteiger partial charge < -0.3 is 5.32 Å². The molecule has 3 aromatic rings. The smallest absolute Gasteiger partial charge is 0.331 e. The minimum atomic E-state index is -4.36. The van der Waals surface area contributed by atoms with Gasteiger partial charge in [-0.3, -0.25) is 10.9 Å². The quantitative estimate of drug-likeness (QED) is 0.187. The van der Waals surface area contributed by atoms with E-state index in [1.54, 1.807) is 13.1 Å². The fourth-order valence-electron chi connectivity index (χ4n) is 3.19. The van der Waals surface area contributed by atoms with Gasteiger partial charge in [-0.1, -0.05) is 56.3 Å². The summed E-state index contributed by atoms with van der Waals surface area (Å²) >= 11 is 5.33. The standard InChI is InChI=1S/C26H26F3N5S/c1-17(2)23-6-4-5-7-24(23)31-25(35)34-30-16-19-8-14-22(15-9-19)33-32-18(3)20-10-12-21(13-11-20)26(27,28)29/h4-17,33H,1-3H3,(H2,31,34,35)/b30-16+,32-18+. The van der Waals surface area contributed by atoms with Crippen LogP contribution >= 0.6 is 12.2 Å². The van der Waals surface area contributed by atoms with Gasteiger partial charge >= 0.3 is 6.18 Å². The maximum atomic E-state index is 12.7. The molecule has 0 unspecified atom stereocenters. The molecule has 0 amide bonds. The van der Waals surface area contributed by atoms with Gasteiger partial charge in [0.05, 0.1) is 23.2 Å². The van der Waals surface area contributed by atoms with Crippen molar-refractivity contribution in [2.45, 2.75) is 32.9 Å². The number of benzene rings is 3. The Bertz CT molecular complexity index is 1200. The lowest BCUT2D eigenvalue weighted by atomic mass is 10.0. The van der Waals surface area contributed by atoms with Crippen molar-refractivity contribution in [2.24, 2.45) is 10.2 Å². The number of halogens is 3. The van der Waals surface area contributed by atoms with E-state index in [0.29, 0.717) is 22.3 Å². The van der Waals surface area contributed by atoms with Crippen LogP contribution in [0, 0.1) is 0 Å². The number of thiocarbonyl (C=S) groups is 1. The monoisotopic (exact) mass is 497 g/mol. The van der Waals surface area contributed by atoms with Crippen LogP contribution in [0.2, 0.25) is 0 Å². The van der Waals surface area contributed by atoms with Crippen LogP contribution in [0.5, 0.6) is 0 Å². The minimum absolute atomic E-state index is 0.361. The van der Waals surface area contributed by atoms with Crippen LogP contribution in [0.1, 0.15) is 48.9 Å². The largest absolute Gasteiger partial charge is 0.416 e. The van der Waals surface area contributed by atoms with E-state index in [2.05, 4.69) is 46.3 Å². The molecule has 0 saturated heterocycles. The third-order valence-electron chi connectivity index (χ3n) is 5.10. The van der Waals surface area contributed by atoms with Crippen molar-refractivity contribution in [1.82, 2.24) is 5.43 Å². The van der Waals surface area contributed by atoms with Crippen molar-refractivity contribution < 1.29 is 13.2 Å². The first-order valence-electron chi connectivity index (χ1n) is 10.9. The average molecular weight is 498 g/mol. The topological polar surface area (TPSA) is 60.8 Å². The first-order chi connectivity index (χ1) is 16.6. The third kappa shape index (κ3) is 7.65. The molecule has 0 aliphatic heterocycles. The van der Waals surface area contributed by atoms with Crippen LogP contribution in [0.4, 0.5) is 24.5 Å². The van der Waals surface area contributed by atoms with E-state index in [1.807, 2.05) is 42.5 Å². The van der Waals surface area contributed by atoms with Gasteiger partial charge in [0.25, 0.3) is 0 Å². The first-order valence-corrected chi connectivity index (χ1v) is 11.3. The predicted octanol–water partition coefficient (Wildman–Crippen LogP) is 6.99. The van der Waals surface area contributed by atoms with E-state index in [-0.39, 0.29) is 0 Å². The van der Waals surface area contributed by atoms with Crippen molar-refractivity contribution in [3.05, 3.63) is 95.1 Å². The number of nitrogens with zero attached hydrogens (tertiary/aromatic N) is 2. The second-order valence-electron chi connectivity index (χ2n) is 8.07. The molecular weight excluding hydrogens is 471 g/mol. The molecule has 0 aliphatic carbocycles. The molecule has 182 valence electrons. The fourth-order valence-corrected chi connectivity index (χ4v) is 3.35. The molecule has 0 radical (unpaired) electrons. The number of hydrazone groups is 2. The molecule has 0 heterocycles. The highest BCUT2D eigenvalue weighted by molar-refractivity contribution is 7.80. The Morgan fingerprint density at radius 1 is 0.943 bits per heavy atom. The molecule has 0 aliphatic rings. The predicted molar refractivity (Wildman–Crippen MR) is 141 cm³/mol. The highest BCUT2D eigenvalue weighted by Gasteiger charge is 2.29. The number of alkyl halides is 3. The molecule has 0 fully saturated rings. The molecule has 3 aromatic carbocycles. The van der Waals surface area contributed by atoms with E-state index in [0.717, 1.165) is 29.1 Å². The van der Waals surface area contributed by atoms with Crippen LogP contribution < -0.4 is 16.2 Å². The lowest BCUT2D eigenvalue weighted by Crippen LogP contribution is -2.24. The molecule has 3 rings (SSSR count). The van der Waals surface area contributed by atoms with Gasteiger partial charge in [-0.05, 0) is 72.1 Å². The second-order valence-corrected chi connectivity index (χ2v) is 8.48. The minimum Gasteiger partial charge on any atom is -0.331 e. The van der Waals surface area contributed by atoms with E-state index < -0.39 is 11.7 Å². The first kappa shape index (κ1) is 25.9. The molecule has 0 atom stereocenters. The highest BCUT2D eigenvalue weighted by atomic mass is 32.1. The summed E-state index contributed by atoms with van der Waals surface area (Å²) in [6.07, 6.45) is -2.72. The number of anilines is 2. The lowest BCUT2D eigenvalue weighted by Gasteiger charge is -2.14. The van der Waals surface area contributed by atoms with E-state index in [1.165, 1.54) is 17.7 Å². The molecule has 0 aromatic heterocycles. The van der Waals surface area contributed by atoms with Crippen LogP contribution in [-0.4, -0.2) is 17.0 Å². The maximum Gasteiger partial charge on any atom is 0.416 e. The Hall–Kier alpha value is -3.72. The van der Waals surface area contributed by atoms with Gasteiger partial charge in [0.1, 0.15) is 0 Å². The van der Waals surface area contributed by atoms with Crippen molar-refractivity contribution in [3.8, 4) is 0 Å². The maximum absolute atomic E-state index is 12.7. The van der Waals surface area contributed by atoms with Crippen molar-refractivity contribution in [1.29, 1.82) is 0 Å². The highest BCUT2D eigenvalue weighted by Crippen LogP contribution is 2.29. The molecule has 3 N–H and O–H groups in total. The lowest BCUT2D eigenvalue weighted by molar-refractivity contribution is -0.137. The van der Waals surface area contributed by atoms with Gasteiger partial charge in [0.15, 0.2) is 5.11 Å². The second kappa shape index (κ2) is 11.6. The van der Waals surface area contributed by atoms with Gasteiger partial charge in [0, 0.05) is 5.69 Å². The van der Waals surface area contributed by atoms with Crippen molar-refractivity contribution in [3.63, 3.8) is 0 Å². The van der Waals surface area contributed by atoms with E-state index in [4.69, 9.17) is 12.2 Å². The zero-order valence-electron chi connectivity index (χ0n) is 19.5. The number of rotatable bonds is 7. The Morgan fingerprint density at radius 3 is 2.23 bits per heavy atom. The van der Waals surface area contributed by atoms with Crippen LogP contribution in [0.15, 0.2) is 83.0 Å². The Balaban J connectivity index is 1.53. The molecule has 35 heavy (non-hydrogen) atoms. The van der Waals surface area contributed by atoms with Crippen molar-refractivity contribution >= 4 is 40.6 Å². The molecule has 0 bridgehead atoms. The molecule has 5 nitrogen and oxygen atoms in total. The Labute approximate surface area is 208 Å². The normalized spacial score (nSPS) is 12.1. The molecular formula is C26H26F3N5S. The van der Waals surface area contributed by atoms with Crippen LogP contribution in [0.25, 0.3) is 0 Å². The number of hydrogen-bond donors (Lipinski definition) is 3. The van der Waals surface area contributed by atoms with Crippen molar-refractivity contribution in [2.75, 3.05) is 10.7 Å². The SMILES string of the molecule is C/C(=N\Nc1ccc(/C=N/NC(=S)Nc2ccccc2C(C)C)cc1)c1ccc(C(F)(F)F)cc1.